The van der Waals surface area contributed by atoms with Crippen LogP contribution in [0, 0.1) is 0 Å². The highest BCUT2D eigenvalue weighted by molar-refractivity contribution is 7.99. The predicted octanol–water partition coefficient (Wildman–Crippen LogP) is 2.60. The summed E-state index contributed by atoms with van der Waals surface area (Å²) in [4.78, 5) is 35.5. The van der Waals surface area contributed by atoms with E-state index in [2.05, 4.69) is 10.9 Å². The normalized spacial score (nSPS) is 10.1. The second-order valence-corrected chi connectivity index (χ2v) is 6.79. The smallest absolute Gasteiger partial charge is 0.269 e. The summed E-state index contributed by atoms with van der Waals surface area (Å²) >= 11 is 1.35. The van der Waals surface area contributed by atoms with Crippen LogP contribution in [0.5, 0.6) is 11.5 Å². The first-order valence-electron chi connectivity index (χ1n) is 8.43. The molecule has 0 heterocycles. The van der Waals surface area contributed by atoms with Gasteiger partial charge in [-0.2, -0.15) is 0 Å². The standard InChI is InChI=1S/C20H22N2O5S/c1-13(23)15-6-9-18(27-3)16(10-15)11-28-12-19(24)21-22-20(25)14-4-7-17(26-2)8-5-14/h4-10H,11-12H2,1-3H3,(H,21,24)(H,22,25). The Hall–Kier alpha value is -3.00. The summed E-state index contributed by atoms with van der Waals surface area (Å²) in [5.74, 6) is 1.13. The summed E-state index contributed by atoms with van der Waals surface area (Å²) < 4.78 is 10.3. The van der Waals surface area contributed by atoms with E-state index in [4.69, 9.17) is 9.47 Å². The number of Topliss-reactive ketones (excluding diaryl/α,β-unsaturated/α-hetero) is 1. The van der Waals surface area contributed by atoms with Crippen LogP contribution in [-0.2, 0) is 10.5 Å². The van der Waals surface area contributed by atoms with Crippen LogP contribution in [0.3, 0.4) is 0 Å². The fourth-order valence-electron chi connectivity index (χ4n) is 2.34. The molecule has 2 aromatic carbocycles. The van der Waals surface area contributed by atoms with Crippen molar-refractivity contribution in [1.29, 1.82) is 0 Å². The minimum absolute atomic E-state index is 0.0344. The van der Waals surface area contributed by atoms with E-state index in [9.17, 15) is 14.4 Å². The summed E-state index contributed by atoms with van der Waals surface area (Å²) in [5, 5.41) is 0. The molecule has 2 rings (SSSR count). The quantitative estimate of drug-likeness (QED) is 0.521. The number of thioether (sulfide) groups is 1. The lowest BCUT2D eigenvalue weighted by molar-refractivity contribution is -0.119. The third-order valence-corrected chi connectivity index (χ3v) is 4.83. The molecule has 7 nitrogen and oxygen atoms in total. The van der Waals surface area contributed by atoms with Crippen molar-refractivity contribution in [1.82, 2.24) is 10.9 Å². The molecular formula is C20H22N2O5S. The summed E-state index contributed by atoms with van der Waals surface area (Å²) in [6.07, 6.45) is 0. The van der Waals surface area contributed by atoms with Gasteiger partial charge in [0.2, 0.25) is 5.91 Å². The van der Waals surface area contributed by atoms with E-state index in [-0.39, 0.29) is 17.4 Å². The second kappa shape index (κ2) is 10.4. The number of methoxy groups -OCH3 is 2. The number of hydrogen-bond donors (Lipinski definition) is 2. The topological polar surface area (TPSA) is 93.7 Å². The van der Waals surface area contributed by atoms with Crippen LogP contribution in [0.25, 0.3) is 0 Å². The number of ether oxygens (including phenoxy) is 2. The van der Waals surface area contributed by atoms with Crippen molar-refractivity contribution in [3.63, 3.8) is 0 Å². The number of amides is 2. The molecule has 148 valence electrons. The van der Waals surface area contributed by atoms with Crippen molar-refractivity contribution in [2.24, 2.45) is 0 Å². The third-order valence-electron chi connectivity index (χ3n) is 3.85. The van der Waals surface area contributed by atoms with Gasteiger partial charge in [-0.15, -0.1) is 11.8 Å². The molecule has 2 amide bonds. The number of carbonyl (C=O) groups excluding carboxylic acids is 3. The molecule has 0 fully saturated rings. The molecule has 8 heteroatoms. The van der Waals surface area contributed by atoms with Gasteiger partial charge in [0.15, 0.2) is 5.78 Å². The zero-order valence-corrected chi connectivity index (χ0v) is 16.7. The fourth-order valence-corrected chi connectivity index (χ4v) is 3.15. The Morgan fingerprint density at radius 3 is 2.21 bits per heavy atom. The molecule has 0 atom stereocenters. The highest BCUT2D eigenvalue weighted by atomic mass is 32.2. The van der Waals surface area contributed by atoms with Crippen LogP contribution < -0.4 is 20.3 Å². The van der Waals surface area contributed by atoms with Gasteiger partial charge in [0.05, 0.1) is 20.0 Å². The molecule has 0 spiro atoms. The molecule has 0 aliphatic rings. The number of hydrogen-bond acceptors (Lipinski definition) is 6. The molecule has 2 N–H and O–H groups in total. The van der Waals surface area contributed by atoms with Crippen LogP contribution in [0.4, 0.5) is 0 Å². The maximum absolute atomic E-state index is 12.0. The van der Waals surface area contributed by atoms with Crippen LogP contribution in [-0.4, -0.2) is 37.6 Å². The monoisotopic (exact) mass is 402 g/mol. The lowest BCUT2D eigenvalue weighted by Gasteiger charge is -2.10. The lowest BCUT2D eigenvalue weighted by Crippen LogP contribution is -2.42. The van der Waals surface area contributed by atoms with Crippen LogP contribution in [0.15, 0.2) is 42.5 Å². The Kier molecular flexibility index (Phi) is 7.88. The van der Waals surface area contributed by atoms with E-state index in [0.717, 1.165) is 5.56 Å². The van der Waals surface area contributed by atoms with Crippen molar-refractivity contribution in [3.8, 4) is 11.5 Å². The van der Waals surface area contributed by atoms with E-state index >= 15 is 0 Å². The van der Waals surface area contributed by atoms with Gasteiger partial charge in [-0.05, 0) is 49.4 Å². The molecule has 0 unspecified atom stereocenters. The van der Waals surface area contributed by atoms with Crippen molar-refractivity contribution in [2.75, 3.05) is 20.0 Å². The number of benzene rings is 2. The van der Waals surface area contributed by atoms with E-state index in [1.807, 2.05) is 0 Å². The van der Waals surface area contributed by atoms with Gasteiger partial charge < -0.3 is 9.47 Å². The molecule has 0 saturated heterocycles. The summed E-state index contributed by atoms with van der Waals surface area (Å²) in [6.45, 7) is 1.50. The Bertz CT molecular complexity index is 852. The van der Waals surface area contributed by atoms with E-state index < -0.39 is 5.91 Å². The molecule has 0 bridgehead atoms. The zero-order valence-electron chi connectivity index (χ0n) is 15.9. The largest absolute Gasteiger partial charge is 0.497 e. The number of hydrazine groups is 1. The second-order valence-electron chi connectivity index (χ2n) is 5.81. The van der Waals surface area contributed by atoms with E-state index in [1.54, 1.807) is 56.7 Å². The van der Waals surface area contributed by atoms with Crippen molar-refractivity contribution < 1.29 is 23.9 Å². The first-order valence-corrected chi connectivity index (χ1v) is 9.59. The summed E-state index contributed by atoms with van der Waals surface area (Å²) in [5.41, 5.74) is 6.57. The van der Waals surface area contributed by atoms with Gasteiger partial charge >= 0.3 is 0 Å². The van der Waals surface area contributed by atoms with Gasteiger partial charge in [-0.25, -0.2) is 0 Å². The highest BCUT2D eigenvalue weighted by Crippen LogP contribution is 2.24. The summed E-state index contributed by atoms with van der Waals surface area (Å²) in [6, 6.07) is 11.7. The minimum atomic E-state index is -0.420. The Labute approximate surface area is 167 Å². The molecule has 0 aromatic heterocycles. The first-order chi connectivity index (χ1) is 13.4. The molecule has 0 aliphatic carbocycles. The number of nitrogens with one attached hydrogen (secondary N) is 2. The SMILES string of the molecule is COc1ccc(C(=O)NNC(=O)CSCc2cc(C(C)=O)ccc2OC)cc1. The van der Waals surface area contributed by atoms with Crippen LogP contribution in [0.1, 0.15) is 33.2 Å². The molecular weight excluding hydrogens is 380 g/mol. The van der Waals surface area contributed by atoms with Gasteiger partial charge in [-0.1, -0.05) is 0 Å². The third kappa shape index (κ3) is 6.02. The van der Waals surface area contributed by atoms with Gasteiger partial charge in [0.25, 0.3) is 5.91 Å². The maximum atomic E-state index is 12.0. The lowest BCUT2D eigenvalue weighted by atomic mass is 10.1. The molecule has 2 aromatic rings. The average Bonchev–Trinajstić information content (AvgIpc) is 2.71. The van der Waals surface area contributed by atoms with Gasteiger partial charge in [0.1, 0.15) is 11.5 Å². The highest BCUT2D eigenvalue weighted by Gasteiger charge is 2.10. The Morgan fingerprint density at radius 2 is 1.61 bits per heavy atom. The zero-order chi connectivity index (χ0) is 20.5. The van der Waals surface area contributed by atoms with Gasteiger partial charge in [-0.3, -0.25) is 25.2 Å². The predicted molar refractivity (Wildman–Crippen MR) is 108 cm³/mol. The van der Waals surface area contributed by atoms with Crippen molar-refractivity contribution in [2.45, 2.75) is 12.7 Å². The minimum Gasteiger partial charge on any atom is -0.497 e. The van der Waals surface area contributed by atoms with Crippen molar-refractivity contribution in [3.05, 3.63) is 59.2 Å². The van der Waals surface area contributed by atoms with Crippen LogP contribution >= 0.6 is 11.8 Å². The maximum Gasteiger partial charge on any atom is 0.269 e. The van der Waals surface area contributed by atoms with Crippen LogP contribution in [0.2, 0.25) is 0 Å². The number of rotatable bonds is 8. The van der Waals surface area contributed by atoms with E-state index in [1.165, 1.54) is 18.7 Å². The van der Waals surface area contributed by atoms with Crippen molar-refractivity contribution >= 4 is 29.4 Å². The fraction of sp³-hybridized carbons (Fsp3) is 0.250. The summed E-state index contributed by atoms with van der Waals surface area (Å²) in [7, 11) is 3.09. The average molecular weight is 402 g/mol. The molecule has 28 heavy (non-hydrogen) atoms. The number of ketones is 1. The molecule has 0 radical (unpaired) electrons. The Morgan fingerprint density at radius 1 is 0.929 bits per heavy atom. The Balaban J connectivity index is 1.81. The van der Waals surface area contributed by atoms with Gasteiger partial charge in [0, 0.05) is 22.4 Å². The number of carbonyl (C=O) groups is 3. The first kappa shape index (κ1) is 21.3. The van der Waals surface area contributed by atoms with E-state index in [0.29, 0.717) is 28.4 Å². The molecule has 0 aliphatic heterocycles. The molecule has 0 saturated carbocycles.